The number of nitrogens with zero attached hydrogens (tertiary/aromatic N) is 2. The van der Waals surface area contributed by atoms with Crippen molar-refractivity contribution >= 4 is 11.6 Å². The van der Waals surface area contributed by atoms with E-state index in [0.717, 1.165) is 71.6 Å². The predicted molar refractivity (Wildman–Crippen MR) is 181 cm³/mol. The average Bonchev–Trinajstić information content (AvgIpc) is 2.98. The Morgan fingerprint density at radius 2 is 1.61 bits per heavy atom. The van der Waals surface area contributed by atoms with Crippen molar-refractivity contribution in [2.24, 2.45) is 0 Å². The van der Waals surface area contributed by atoms with Gasteiger partial charge >= 0.3 is 0 Å². The number of hydrogen-bond donors (Lipinski definition) is 2. The highest BCUT2D eigenvalue weighted by molar-refractivity contribution is 5.99. The zero-order valence-corrected chi connectivity index (χ0v) is 26.9. The summed E-state index contributed by atoms with van der Waals surface area (Å²) in [6, 6.07) is 15.1. The van der Waals surface area contributed by atoms with Crippen LogP contribution in [0.1, 0.15) is 72.8 Å². The second-order valence-corrected chi connectivity index (χ2v) is 11.9. The summed E-state index contributed by atoms with van der Waals surface area (Å²) in [5.41, 5.74) is 6.72. The van der Waals surface area contributed by atoms with Gasteiger partial charge in [-0.3, -0.25) is 9.59 Å². The van der Waals surface area contributed by atoms with Crippen LogP contribution in [0.15, 0.2) is 47.3 Å². The fourth-order valence-corrected chi connectivity index (χ4v) is 6.26. The molecule has 3 aromatic rings. The zero-order valence-electron chi connectivity index (χ0n) is 26.9. The Labute approximate surface area is 263 Å². The lowest BCUT2D eigenvalue weighted by Gasteiger charge is -2.40. The van der Waals surface area contributed by atoms with E-state index >= 15 is 0 Å². The van der Waals surface area contributed by atoms with Gasteiger partial charge in [0.15, 0.2) is 0 Å². The molecular formula is C36H52N4O4. The van der Waals surface area contributed by atoms with Crippen molar-refractivity contribution in [1.82, 2.24) is 15.2 Å². The Hall–Kier alpha value is -3.62. The molecule has 0 bridgehead atoms. The van der Waals surface area contributed by atoms with Gasteiger partial charge in [0.05, 0.1) is 6.61 Å². The highest BCUT2D eigenvalue weighted by Crippen LogP contribution is 2.36. The van der Waals surface area contributed by atoms with Gasteiger partial charge in [0.25, 0.3) is 11.5 Å². The molecular weight excluding hydrogens is 552 g/mol. The van der Waals surface area contributed by atoms with Crippen molar-refractivity contribution < 1.29 is 14.3 Å². The van der Waals surface area contributed by atoms with Crippen molar-refractivity contribution in [2.75, 3.05) is 45.9 Å². The van der Waals surface area contributed by atoms with Crippen LogP contribution in [-0.2, 0) is 11.3 Å². The largest absolute Gasteiger partial charge is 0.491 e. The highest BCUT2D eigenvalue weighted by atomic mass is 16.5. The number of hydrogen-bond acceptors (Lipinski definition) is 6. The molecule has 0 atom stereocenters. The molecule has 1 heterocycles. The van der Waals surface area contributed by atoms with E-state index in [1.54, 1.807) is 7.11 Å². The first-order valence-electron chi connectivity index (χ1n) is 15.4. The van der Waals surface area contributed by atoms with Crippen LogP contribution in [0.2, 0.25) is 0 Å². The van der Waals surface area contributed by atoms with E-state index in [1.807, 2.05) is 57.2 Å². The molecule has 1 aliphatic rings. The topological polar surface area (TPSA) is 86.9 Å². The lowest BCUT2D eigenvalue weighted by molar-refractivity contribution is 0.0950. The van der Waals surface area contributed by atoms with Gasteiger partial charge in [-0.25, -0.2) is 0 Å². The molecule has 1 aliphatic carbocycles. The van der Waals surface area contributed by atoms with E-state index in [2.05, 4.69) is 47.2 Å². The first kappa shape index (κ1) is 34.9. The summed E-state index contributed by atoms with van der Waals surface area (Å²) in [6.07, 6.45) is 4.56. The molecule has 8 heteroatoms. The third kappa shape index (κ3) is 8.30. The standard InChI is InChI=1S/C35H48N4O4.CH4/c1-8-39(29-13-11-28(12-14-29)38(5)6)33-21-27(26-9-15-30(16-10-26)43-18-17-42-7)20-31(25(33)4)34(40)36-22-32-23(2)19-24(3)37-35(32)41;/h9-10,15-16,19-21,28-29H,8,11-14,17-18,22H2,1-7H3,(H,36,40)(H,37,41);1H4. The minimum absolute atomic E-state index is 0. The van der Waals surface area contributed by atoms with Gasteiger partial charge in [-0.15, -0.1) is 0 Å². The number of aromatic nitrogens is 1. The van der Waals surface area contributed by atoms with E-state index in [4.69, 9.17) is 9.47 Å². The molecule has 8 nitrogen and oxygen atoms in total. The van der Waals surface area contributed by atoms with Crippen molar-refractivity contribution in [2.45, 2.75) is 79.4 Å². The van der Waals surface area contributed by atoms with Crippen molar-refractivity contribution in [3.8, 4) is 16.9 Å². The molecule has 1 saturated carbocycles. The molecule has 0 unspecified atom stereocenters. The second-order valence-electron chi connectivity index (χ2n) is 11.9. The fraction of sp³-hybridized carbons (Fsp3) is 0.500. The number of aromatic amines is 1. The summed E-state index contributed by atoms with van der Waals surface area (Å²) in [4.78, 5) is 34.1. The Bertz CT molecular complexity index is 1440. The Balaban J connectivity index is 0.00000529. The van der Waals surface area contributed by atoms with Crippen LogP contribution in [0.25, 0.3) is 11.1 Å². The summed E-state index contributed by atoms with van der Waals surface area (Å²) >= 11 is 0. The molecule has 0 aliphatic heterocycles. The third-order valence-electron chi connectivity index (χ3n) is 8.78. The minimum atomic E-state index is -0.188. The number of nitrogens with one attached hydrogen (secondary N) is 2. The molecule has 0 radical (unpaired) electrons. The quantitative estimate of drug-likeness (QED) is 0.238. The Morgan fingerprint density at radius 1 is 0.955 bits per heavy atom. The number of carbonyl (C=O) groups is 1. The molecule has 1 fully saturated rings. The van der Waals surface area contributed by atoms with Crippen LogP contribution in [0, 0.1) is 20.8 Å². The SMILES string of the molecule is C.CCN(c1cc(-c2ccc(OCCOC)cc2)cc(C(=O)NCc2c(C)cc(C)[nH]c2=O)c1C)C1CCC(N(C)C)CC1. The summed E-state index contributed by atoms with van der Waals surface area (Å²) in [7, 11) is 5.99. The van der Waals surface area contributed by atoms with E-state index in [-0.39, 0.29) is 25.4 Å². The number of carbonyl (C=O) groups excluding carboxylic acids is 1. The number of aryl methyl sites for hydroxylation is 2. The number of methoxy groups -OCH3 is 1. The van der Waals surface area contributed by atoms with Gasteiger partial charge in [0.2, 0.25) is 0 Å². The van der Waals surface area contributed by atoms with Crippen LogP contribution in [0.4, 0.5) is 5.69 Å². The summed E-state index contributed by atoms with van der Waals surface area (Å²) in [5, 5.41) is 3.04. The maximum absolute atomic E-state index is 13.8. The monoisotopic (exact) mass is 604 g/mol. The number of rotatable bonds is 12. The summed E-state index contributed by atoms with van der Waals surface area (Å²) in [6.45, 7) is 10.0. The lowest BCUT2D eigenvalue weighted by atomic mass is 9.88. The number of H-pyrrole nitrogens is 1. The second kappa shape index (κ2) is 15.9. The fourth-order valence-electron chi connectivity index (χ4n) is 6.26. The molecule has 2 N–H and O–H groups in total. The zero-order chi connectivity index (χ0) is 31.1. The van der Waals surface area contributed by atoms with Crippen LogP contribution in [-0.4, -0.2) is 68.8 Å². The Morgan fingerprint density at radius 3 is 2.20 bits per heavy atom. The van der Waals surface area contributed by atoms with E-state index in [0.29, 0.717) is 36.4 Å². The van der Waals surface area contributed by atoms with Crippen LogP contribution in [0.3, 0.4) is 0 Å². The number of amides is 1. The average molecular weight is 605 g/mol. The molecule has 4 rings (SSSR count). The number of ether oxygens (including phenoxy) is 2. The van der Waals surface area contributed by atoms with Crippen molar-refractivity contribution in [1.29, 1.82) is 0 Å². The van der Waals surface area contributed by atoms with Gasteiger partial charge in [-0.2, -0.15) is 0 Å². The molecule has 0 saturated heterocycles. The van der Waals surface area contributed by atoms with Crippen molar-refractivity contribution in [3.05, 3.63) is 80.8 Å². The van der Waals surface area contributed by atoms with Gasteiger partial charge in [-0.1, -0.05) is 19.6 Å². The predicted octanol–water partition coefficient (Wildman–Crippen LogP) is 6.26. The lowest BCUT2D eigenvalue weighted by Crippen LogP contribution is -2.42. The summed E-state index contributed by atoms with van der Waals surface area (Å²) < 4.78 is 10.9. The van der Waals surface area contributed by atoms with Crippen LogP contribution in [0.5, 0.6) is 5.75 Å². The van der Waals surface area contributed by atoms with Gasteiger partial charge in [-0.05, 0) is 120 Å². The molecule has 2 aromatic carbocycles. The van der Waals surface area contributed by atoms with Crippen molar-refractivity contribution in [3.63, 3.8) is 0 Å². The molecule has 44 heavy (non-hydrogen) atoms. The van der Waals surface area contributed by atoms with Gasteiger partial charge in [0, 0.05) is 54.8 Å². The smallest absolute Gasteiger partial charge is 0.253 e. The number of benzene rings is 2. The first-order chi connectivity index (χ1) is 20.6. The normalized spacial score (nSPS) is 16.4. The van der Waals surface area contributed by atoms with E-state index in [9.17, 15) is 9.59 Å². The summed E-state index contributed by atoms with van der Waals surface area (Å²) in [5.74, 6) is 0.587. The maximum Gasteiger partial charge on any atom is 0.253 e. The maximum atomic E-state index is 13.8. The molecule has 1 amide bonds. The first-order valence-corrected chi connectivity index (χ1v) is 15.4. The van der Waals surface area contributed by atoms with E-state index in [1.165, 1.54) is 0 Å². The Kier molecular flexibility index (Phi) is 12.6. The van der Waals surface area contributed by atoms with Crippen LogP contribution < -0.4 is 20.5 Å². The minimum Gasteiger partial charge on any atom is -0.491 e. The number of pyridine rings is 1. The van der Waals surface area contributed by atoms with Crippen LogP contribution >= 0.6 is 0 Å². The number of anilines is 1. The molecule has 1 aromatic heterocycles. The third-order valence-corrected chi connectivity index (χ3v) is 8.78. The molecule has 240 valence electrons. The highest BCUT2D eigenvalue weighted by Gasteiger charge is 2.28. The van der Waals surface area contributed by atoms with Gasteiger partial charge < -0.3 is 29.6 Å². The molecule has 0 spiro atoms. The van der Waals surface area contributed by atoms with E-state index < -0.39 is 0 Å². The van der Waals surface area contributed by atoms with Gasteiger partial charge in [0.1, 0.15) is 12.4 Å².